The van der Waals surface area contributed by atoms with Gasteiger partial charge in [-0.05, 0) is 59.4 Å². The van der Waals surface area contributed by atoms with E-state index in [-0.39, 0.29) is 12.1 Å². The number of rotatable bonds is 6. The summed E-state index contributed by atoms with van der Waals surface area (Å²) in [6, 6.07) is 0. The number of likely N-dealkylation sites (tertiary alicyclic amines) is 1. The van der Waals surface area contributed by atoms with Crippen molar-refractivity contribution in [1.29, 1.82) is 0 Å². The van der Waals surface area contributed by atoms with Crippen molar-refractivity contribution in [3.05, 3.63) is 0 Å². The number of nitrogens with zero attached hydrogens (tertiary/aromatic N) is 3. The molecule has 2 heterocycles. The number of esters is 1. The Bertz CT molecular complexity index is 476. The van der Waals surface area contributed by atoms with Crippen LogP contribution in [0.3, 0.4) is 0 Å². The van der Waals surface area contributed by atoms with Gasteiger partial charge in [0.25, 0.3) is 0 Å². The second-order valence-electron chi connectivity index (χ2n) is 8.62. The fourth-order valence-corrected chi connectivity index (χ4v) is 3.66. The predicted molar refractivity (Wildman–Crippen MR) is 105 cm³/mol. The van der Waals surface area contributed by atoms with Gasteiger partial charge in [-0.15, -0.1) is 0 Å². The minimum Gasteiger partial charge on any atom is -0.465 e. The standard InChI is InChI=1S/C20H37N3O4/c1-5-26-18(24)16-22-14-12-21(13-15-22)9-6-17-7-10-23(11-8-17)19(25)27-20(2,3)4/h17H,5-16H2,1-4H3. The van der Waals surface area contributed by atoms with Crippen molar-refractivity contribution in [3.8, 4) is 0 Å². The highest BCUT2D eigenvalue weighted by molar-refractivity contribution is 5.71. The molecule has 0 aromatic rings. The van der Waals surface area contributed by atoms with Crippen LogP contribution >= 0.6 is 0 Å². The van der Waals surface area contributed by atoms with Gasteiger partial charge in [-0.2, -0.15) is 0 Å². The topological polar surface area (TPSA) is 62.3 Å². The molecule has 27 heavy (non-hydrogen) atoms. The second-order valence-corrected chi connectivity index (χ2v) is 8.62. The lowest BCUT2D eigenvalue weighted by Gasteiger charge is -2.36. The van der Waals surface area contributed by atoms with Gasteiger partial charge >= 0.3 is 12.1 Å². The quantitative estimate of drug-likeness (QED) is 0.656. The Balaban J connectivity index is 1.60. The van der Waals surface area contributed by atoms with Gasteiger partial charge in [0.15, 0.2) is 0 Å². The Hall–Kier alpha value is -1.34. The van der Waals surface area contributed by atoms with E-state index in [9.17, 15) is 9.59 Å². The minimum atomic E-state index is -0.427. The lowest BCUT2D eigenvalue weighted by molar-refractivity contribution is -0.144. The molecule has 0 aliphatic carbocycles. The third-order valence-electron chi connectivity index (χ3n) is 5.24. The van der Waals surface area contributed by atoms with Crippen LogP contribution in [0.4, 0.5) is 4.79 Å². The summed E-state index contributed by atoms with van der Waals surface area (Å²) < 4.78 is 10.5. The number of piperazine rings is 1. The SMILES string of the molecule is CCOC(=O)CN1CCN(CCC2CCN(C(=O)OC(C)(C)C)CC2)CC1. The van der Waals surface area contributed by atoms with E-state index >= 15 is 0 Å². The summed E-state index contributed by atoms with van der Waals surface area (Å²) in [5.41, 5.74) is -0.427. The van der Waals surface area contributed by atoms with Crippen molar-refractivity contribution in [2.75, 3.05) is 59.0 Å². The largest absolute Gasteiger partial charge is 0.465 e. The third kappa shape index (κ3) is 8.05. The molecule has 2 fully saturated rings. The highest BCUT2D eigenvalue weighted by atomic mass is 16.6. The van der Waals surface area contributed by atoms with Gasteiger partial charge in [0, 0.05) is 39.3 Å². The molecule has 0 saturated carbocycles. The first-order valence-electron chi connectivity index (χ1n) is 10.3. The van der Waals surface area contributed by atoms with E-state index in [1.54, 1.807) is 0 Å². The highest BCUT2D eigenvalue weighted by Gasteiger charge is 2.27. The first kappa shape index (κ1) is 22.0. The molecule has 0 unspecified atom stereocenters. The highest BCUT2D eigenvalue weighted by Crippen LogP contribution is 2.22. The van der Waals surface area contributed by atoms with Gasteiger partial charge in [0.1, 0.15) is 5.60 Å². The van der Waals surface area contributed by atoms with Gasteiger partial charge < -0.3 is 19.3 Å². The fraction of sp³-hybridized carbons (Fsp3) is 0.900. The Morgan fingerprint density at radius 3 is 2.11 bits per heavy atom. The van der Waals surface area contributed by atoms with Gasteiger partial charge in [0.05, 0.1) is 13.2 Å². The summed E-state index contributed by atoms with van der Waals surface area (Å²) in [6.45, 7) is 15.0. The van der Waals surface area contributed by atoms with Gasteiger partial charge in [-0.1, -0.05) is 0 Å². The molecule has 1 amide bonds. The molecule has 0 bridgehead atoms. The maximum Gasteiger partial charge on any atom is 0.410 e. The van der Waals surface area contributed by atoms with Crippen LogP contribution in [0.1, 0.15) is 47.0 Å². The molecule has 0 aromatic carbocycles. The summed E-state index contributed by atoms with van der Waals surface area (Å²) >= 11 is 0. The van der Waals surface area contributed by atoms with Crippen LogP contribution in [0.2, 0.25) is 0 Å². The van der Waals surface area contributed by atoms with Gasteiger partial charge in [-0.3, -0.25) is 9.69 Å². The Labute approximate surface area is 163 Å². The van der Waals surface area contributed by atoms with Crippen molar-refractivity contribution in [1.82, 2.24) is 14.7 Å². The fourth-order valence-electron chi connectivity index (χ4n) is 3.66. The molecule has 2 aliphatic heterocycles. The van der Waals surface area contributed by atoms with E-state index < -0.39 is 5.60 Å². The van der Waals surface area contributed by atoms with E-state index in [1.165, 1.54) is 6.42 Å². The van der Waals surface area contributed by atoms with Crippen LogP contribution in [0.15, 0.2) is 0 Å². The lowest BCUT2D eigenvalue weighted by Crippen LogP contribution is -2.48. The number of ether oxygens (including phenoxy) is 2. The maximum atomic E-state index is 12.1. The van der Waals surface area contributed by atoms with Crippen molar-refractivity contribution >= 4 is 12.1 Å². The molecular weight excluding hydrogens is 346 g/mol. The van der Waals surface area contributed by atoms with E-state index in [2.05, 4.69) is 9.80 Å². The van der Waals surface area contributed by atoms with Crippen LogP contribution in [0.25, 0.3) is 0 Å². The lowest BCUT2D eigenvalue weighted by atomic mass is 9.93. The number of carbonyl (C=O) groups excluding carboxylic acids is 2. The molecule has 2 aliphatic rings. The summed E-state index contributed by atoms with van der Waals surface area (Å²) in [4.78, 5) is 30.2. The average molecular weight is 384 g/mol. The molecule has 156 valence electrons. The summed E-state index contributed by atoms with van der Waals surface area (Å²) in [6.07, 6.45) is 3.11. The van der Waals surface area contributed by atoms with Crippen molar-refractivity contribution < 1.29 is 19.1 Å². The zero-order valence-electron chi connectivity index (χ0n) is 17.5. The summed E-state index contributed by atoms with van der Waals surface area (Å²) in [5.74, 6) is 0.559. The number of hydrogen-bond acceptors (Lipinski definition) is 6. The molecule has 2 saturated heterocycles. The van der Waals surface area contributed by atoms with Gasteiger partial charge in [-0.25, -0.2) is 4.79 Å². The molecule has 7 nitrogen and oxygen atoms in total. The smallest absolute Gasteiger partial charge is 0.410 e. The zero-order valence-corrected chi connectivity index (χ0v) is 17.5. The molecule has 0 N–H and O–H groups in total. The van der Waals surface area contributed by atoms with Crippen molar-refractivity contribution in [2.24, 2.45) is 5.92 Å². The molecule has 0 aromatic heterocycles. The molecule has 0 atom stereocenters. The monoisotopic (exact) mass is 383 g/mol. The van der Waals surface area contributed by atoms with E-state index in [0.29, 0.717) is 19.1 Å². The van der Waals surface area contributed by atoms with E-state index in [4.69, 9.17) is 9.47 Å². The predicted octanol–water partition coefficient (Wildman–Crippen LogP) is 2.20. The van der Waals surface area contributed by atoms with Crippen molar-refractivity contribution in [2.45, 2.75) is 52.6 Å². The van der Waals surface area contributed by atoms with Crippen LogP contribution in [-0.4, -0.2) is 91.3 Å². The Morgan fingerprint density at radius 1 is 0.963 bits per heavy atom. The molecule has 0 spiro atoms. The maximum absolute atomic E-state index is 12.1. The van der Waals surface area contributed by atoms with Gasteiger partial charge in [0.2, 0.25) is 0 Å². The van der Waals surface area contributed by atoms with Crippen molar-refractivity contribution in [3.63, 3.8) is 0 Å². The third-order valence-corrected chi connectivity index (χ3v) is 5.24. The number of amides is 1. The normalized spacial score (nSPS) is 20.5. The minimum absolute atomic E-state index is 0.123. The summed E-state index contributed by atoms with van der Waals surface area (Å²) in [5, 5.41) is 0. The summed E-state index contributed by atoms with van der Waals surface area (Å²) in [7, 11) is 0. The average Bonchev–Trinajstić information content (AvgIpc) is 2.60. The first-order chi connectivity index (χ1) is 12.8. The van der Waals surface area contributed by atoms with Crippen LogP contribution in [0, 0.1) is 5.92 Å². The Kier molecular flexibility index (Phi) is 8.35. The molecule has 2 rings (SSSR count). The number of hydrogen-bond donors (Lipinski definition) is 0. The zero-order chi connectivity index (χ0) is 19.9. The van der Waals surface area contributed by atoms with E-state index in [1.807, 2.05) is 32.6 Å². The molecule has 7 heteroatoms. The van der Waals surface area contributed by atoms with Crippen LogP contribution in [0.5, 0.6) is 0 Å². The van der Waals surface area contributed by atoms with Crippen LogP contribution in [-0.2, 0) is 14.3 Å². The molecular formula is C20H37N3O4. The van der Waals surface area contributed by atoms with Crippen LogP contribution < -0.4 is 0 Å². The first-order valence-corrected chi connectivity index (χ1v) is 10.3. The Morgan fingerprint density at radius 2 is 1.56 bits per heavy atom. The number of carbonyl (C=O) groups is 2. The number of piperidine rings is 1. The van der Waals surface area contributed by atoms with E-state index in [0.717, 1.165) is 58.7 Å². The molecule has 0 radical (unpaired) electrons. The second kappa shape index (κ2) is 10.3.